The van der Waals surface area contributed by atoms with Crippen molar-refractivity contribution in [2.75, 3.05) is 13.2 Å². The van der Waals surface area contributed by atoms with Gasteiger partial charge in [-0.05, 0) is 24.3 Å². The second kappa shape index (κ2) is 14.4. The van der Waals surface area contributed by atoms with Gasteiger partial charge in [0.25, 0.3) is 0 Å². The third-order valence-electron chi connectivity index (χ3n) is 6.40. The van der Waals surface area contributed by atoms with Gasteiger partial charge in [-0.1, -0.05) is 44.2 Å². The lowest BCUT2D eigenvalue weighted by Crippen LogP contribution is -2.50. The van der Waals surface area contributed by atoms with E-state index in [1.807, 2.05) is 44.2 Å². The molecule has 3 rings (SSSR count). The molecule has 0 aliphatic carbocycles. The molecule has 1 aromatic carbocycles. The van der Waals surface area contributed by atoms with Crippen molar-refractivity contribution in [3.63, 3.8) is 0 Å². The van der Waals surface area contributed by atoms with Crippen molar-refractivity contribution in [1.82, 2.24) is 15.3 Å². The Hall–Kier alpha value is -2.74. The fraction of sp³-hybridized carbons (Fsp3) is 0.538. The van der Waals surface area contributed by atoms with Crippen LogP contribution in [0.4, 0.5) is 0 Å². The third-order valence-corrected chi connectivity index (χ3v) is 6.40. The number of rotatable bonds is 14. The number of hydrogen-bond donors (Lipinski definition) is 5. The maximum atomic E-state index is 13.6. The van der Waals surface area contributed by atoms with Crippen LogP contribution in [0.25, 0.3) is 0 Å². The number of aromatic nitrogens is 2. The van der Waals surface area contributed by atoms with Gasteiger partial charge in [0.05, 0.1) is 37.6 Å². The molecular formula is C26H36BN3O8. The van der Waals surface area contributed by atoms with Gasteiger partial charge in [-0.15, -0.1) is 0 Å². The van der Waals surface area contributed by atoms with E-state index in [1.54, 1.807) is 0 Å². The normalized spacial score (nSPS) is 20.7. The molecule has 1 aliphatic heterocycles. The van der Waals surface area contributed by atoms with Crippen molar-refractivity contribution in [3.05, 3.63) is 60.2 Å². The maximum Gasteiger partial charge on any atom is 0.481 e. The van der Waals surface area contributed by atoms with Gasteiger partial charge in [0, 0.05) is 24.7 Å². The Morgan fingerprint density at radius 3 is 2.18 bits per heavy atom. The van der Waals surface area contributed by atoms with Gasteiger partial charge in [-0.3, -0.25) is 14.6 Å². The molecule has 2 aromatic rings. The van der Waals surface area contributed by atoms with Gasteiger partial charge >= 0.3 is 7.12 Å². The third kappa shape index (κ3) is 8.13. The molecule has 1 aromatic heterocycles. The lowest BCUT2D eigenvalue weighted by atomic mass is 9.73. The number of carbonyl (C=O) groups is 2. The van der Waals surface area contributed by atoms with Crippen molar-refractivity contribution in [3.8, 4) is 0 Å². The molecule has 1 aliphatic rings. The molecule has 1 saturated heterocycles. The molecule has 0 spiro atoms. The van der Waals surface area contributed by atoms with Gasteiger partial charge in [-0.2, -0.15) is 0 Å². The molecule has 0 saturated carbocycles. The van der Waals surface area contributed by atoms with Gasteiger partial charge in [0.15, 0.2) is 5.78 Å². The minimum atomic E-state index is -1.36. The Balaban J connectivity index is 1.81. The first kappa shape index (κ1) is 29.8. The summed E-state index contributed by atoms with van der Waals surface area (Å²) in [5.74, 6) is -2.05. The fourth-order valence-electron chi connectivity index (χ4n) is 4.49. The first-order valence-electron chi connectivity index (χ1n) is 12.8. The minimum absolute atomic E-state index is 0.0993. The Kier molecular flexibility index (Phi) is 11.3. The molecule has 1 fully saturated rings. The van der Waals surface area contributed by atoms with E-state index in [1.165, 1.54) is 18.6 Å². The Morgan fingerprint density at radius 1 is 1.03 bits per heavy atom. The zero-order chi connectivity index (χ0) is 27.7. The highest BCUT2D eigenvalue weighted by Crippen LogP contribution is 2.27. The summed E-state index contributed by atoms with van der Waals surface area (Å²) in [5.41, 5.74) is 1.05. The van der Waals surface area contributed by atoms with Gasteiger partial charge in [0.1, 0.15) is 17.9 Å². The molecule has 6 atom stereocenters. The SMILES string of the molecule is CC(C)C[C@H](NC(=O)[C@@H](CC(=O)c1cnccn1)Cc1ccccc1)B1OC(C(O)CO)C(C(O)CO)O1. The predicted molar refractivity (Wildman–Crippen MR) is 138 cm³/mol. The molecule has 5 N–H and O–H groups in total. The molecule has 4 unspecified atom stereocenters. The van der Waals surface area contributed by atoms with E-state index in [9.17, 15) is 30.0 Å². The molecule has 0 radical (unpaired) electrons. The number of ketones is 1. The molecule has 0 bridgehead atoms. The van der Waals surface area contributed by atoms with Gasteiger partial charge in [0.2, 0.25) is 5.91 Å². The van der Waals surface area contributed by atoms with E-state index in [-0.39, 0.29) is 23.8 Å². The molecule has 12 heteroatoms. The van der Waals surface area contributed by atoms with Crippen molar-refractivity contribution < 1.29 is 39.3 Å². The number of aliphatic hydroxyl groups excluding tert-OH is 4. The number of nitrogens with zero attached hydrogens (tertiary/aromatic N) is 2. The van der Waals surface area contributed by atoms with Gasteiger partial charge < -0.3 is 35.1 Å². The number of aliphatic hydroxyl groups is 4. The fourth-order valence-corrected chi connectivity index (χ4v) is 4.49. The zero-order valence-electron chi connectivity index (χ0n) is 21.6. The largest absolute Gasteiger partial charge is 0.481 e. The molecular weight excluding hydrogens is 493 g/mol. The second-order valence-corrected chi connectivity index (χ2v) is 9.92. The van der Waals surface area contributed by atoms with Crippen molar-refractivity contribution in [2.24, 2.45) is 11.8 Å². The Labute approximate surface area is 222 Å². The van der Waals surface area contributed by atoms with E-state index in [0.29, 0.717) is 12.8 Å². The number of carbonyl (C=O) groups excluding carboxylic acids is 2. The quantitative estimate of drug-likeness (QED) is 0.165. The molecule has 11 nitrogen and oxygen atoms in total. The average molecular weight is 529 g/mol. The predicted octanol–water partition coefficient (Wildman–Crippen LogP) is -0.0430. The van der Waals surface area contributed by atoms with Crippen molar-refractivity contribution in [2.45, 2.75) is 63.5 Å². The van der Waals surface area contributed by atoms with Crippen LogP contribution in [0.15, 0.2) is 48.9 Å². The van der Waals surface area contributed by atoms with Crippen molar-refractivity contribution in [1.29, 1.82) is 0 Å². The minimum Gasteiger partial charge on any atom is -0.401 e. The number of amides is 1. The Bertz CT molecular complexity index is 998. The summed E-state index contributed by atoms with van der Waals surface area (Å²) in [6.45, 7) is 2.63. The highest BCUT2D eigenvalue weighted by atomic mass is 16.7. The topological polar surface area (TPSA) is 171 Å². The van der Waals surface area contributed by atoms with E-state index < -0.39 is 62.5 Å². The van der Waals surface area contributed by atoms with Crippen LogP contribution in [0.5, 0.6) is 0 Å². The van der Waals surface area contributed by atoms with E-state index in [0.717, 1.165) is 5.56 Å². The lowest BCUT2D eigenvalue weighted by Gasteiger charge is -2.25. The molecule has 38 heavy (non-hydrogen) atoms. The summed E-state index contributed by atoms with van der Waals surface area (Å²) in [6, 6.07) is 9.34. The van der Waals surface area contributed by atoms with Crippen LogP contribution in [0.3, 0.4) is 0 Å². The van der Waals surface area contributed by atoms with Crippen LogP contribution in [-0.2, 0) is 20.5 Å². The van der Waals surface area contributed by atoms with E-state index >= 15 is 0 Å². The number of nitrogens with one attached hydrogen (secondary N) is 1. The summed E-state index contributed by atoms with van der Waals surface area (Å²) in [5, 5.41) is 42.2. The highest BCUT2D eigenvalue weighted by molar-refractivity contribution is 6.47. The summed E-state index contributed by atoms with van der Waals surface area (Å²) in [6.07, 6.45) is -0.0816. The zero-order valence-corrected chi connectivity index (χ0v) is 21.6. The van der Waals surface area contributed by atoms with Crippen LogP contribution in [0.1, 0.15) is 42.7 Å². The number of Topliss-reactive ketones (excluding diaryl/α,β-unsaturated/α-hetero) is 1. The standard InChI is InChI=1S/C26H36BN3O8/c1-16(2)10-23(27-37-24(21(34)14-31)25(38-27)22(35)15-32)30-26(36)18(11-17-6-4-3-5-7-17)12-20(33)19-13-28-8-9-29-19/h3-9,13,16,18,21-25,31-32,34-35H,10-12,14-15H2,1-2H3,(H,30,36)/t18-,21?,22?,23+,24?,25?/m1/s1. The number of hydrogen-bond acceptors (Lipinski definition) is 10. The summed E-state index contributed by atoms with van der Waals surface area (Å²) < 4.78 is 11.7. The Morgan fingerprint density at radius 2 is 1.66 bits per heavy atom. The van der Waals surface area contributed by atoms with E-state index in [4.69, 9.17) is 9.31 Å². The van der Waals surface area contributed by atoms with Crippen molar-refractivity contribution >= 4 is 18.8 Å². The maximum absolute atomic E-state index is 13.6. The molecule has 1 amide bonds. The summed E-state index contributed by atoms with van der Waals surface area (Å²) in [7, 11) is -1.06. The summed E-state index contributed by atoms with van der Waals surface area (Å²) >= 11 is 0. The van der Waals surface area contributed by atoms with Crippen LogP contribution >= 0.6 is 0 Å². The number of benzene rings is 1. The first-order chi connectivity index (χ1) is 18.2. The van der Waals surface area contributed by atoms with Crippen LogP contribution in [0.2, 0.25) is 0 Å². The lowest BCUT2D eigenvalue weighted by molar-refractivity contribution is -0.125. The molecule has 206 valence electrons. The van der Waals surface area contributed by atoms with Crippen LogP contribution in [-0.4, -0.2) is 92.8 Å². The summed E-state index contributed by atoms with van der Waals surface area (Å²) in [4.78, 5) is 34.5. The monoisotopic (exact) mass is 529 g/mol. The average Bonchev–Trinajstić information content (AvgIpc) is 3.38. The van der Waals surface area contributed by atoms with Crippen LogP contribution < -0.4 is 5.32 Å². The smallest absolute Gasteiger partial charge is 0.401 e. The van der Waals surface area contributed by atoms with Crippen LogP contribution in [0, 0.1) is 11.8 Å². The van der Waals surface area contributed by atoms with Gasteiger partial charge in [-0.25, -0.2) is 4.98 Å². The first-order valence-corrected chi connectivity index (χ1v) is 12.8. The highest BCUT2D eigenvalue weighted by Gasteiger charge is 2.50. The second-order valence-electron chi connectivity index (χ2n) is 9.92. The molecule has 2 heterocycles. The van der Waals surface area contributed by atoms with E-state index in [2.05, 4.69) is 15.3 Å².